The summed E-state index contributed by atoms with van der Waals surface area (Å²) in [5.41, 5.74) is 7.01. The van der Waals surface area contributed by atoms with E-state index in [2.05, 4.69) is 15.3 Å². The summed E-state index contributed by atoms with van der Waals surface area (Å²) in [7, 11) is -3.49. The molecule has 0 unspecified atom stereocenters. The predicted octanol–water partition coefficient (Wildman–Crippen LogP) is -0.0876. The van der Waals surface area contributed by atoms with E-state index in [0.29, 0.717) is 11.5 Å². The monoisotopic (exact) mass is 267 g/mol. The van der Waals surface area contributed by atoms with Gasteiger partial charge in [0.25, 0.3) is 0 Å². The van der Waals surface area contributed by atoms with Gasteiger partial charge in [-0.2, -0.15) is 0 Å². The zero-order chi connectivity index (χ0) is 13.2. The zero-order valence-corrected chi connectivity index (χ0v) is 10.3. The van der Waals surface area contributed by atoms with E-state index < -0.39 is 10.0 Å². The fourth-order valence-electron chi connectivity index (χ4n) is 1.53. The number of anilines is 2. The second-order valence-electron chi connectivity index (χ2n) is 3.79. The summed E-state index contributed by atoms with van der Waals surface area (Å²) in [5.74, 6) is 0.372. The number of hydrogen-bond acceptors (Lipinski definition) is 6. The third-order valence-electron chi connectivity index (χ3n) is 2.34. The number of nitrogens with two attached hydrogens (primary N) is 2. The molecular formula is C10H13N5O2S. The molecule has 0 bridgehead atoms. The Balaban J connectivity index is 2.25. The topological polar surface area (TPSA) is 124 Å². The highest BCUT2D eigenvalue weighted by molar-refractivity contribution is 7.89. The maximum atomic E-state index is 10.8. The first-order valence-corrected chi connectivity index (χ1v) is 6.92. The normalized spacial score (nSPS) is 11.6. The fraction of sp³-hybridized carbons (Fsp3) is 0.200. The van der Waals surface area contributed by atoms with Crippen molar-refractivity contribution >= 4 is 32.4 Å². The molecule has 5 N–H and O–H groups in total. The van der Waals surface area contributed by atoms with Crippen LogP contribution in [0, 0.1) is 0 Å². The molecule has 0 fully saturated rings. The molecule has 0 aliphatic carbocycles. The van der Waals surface area contributed by atoms with Gasteiger partial charge in [-0.25, -0.2) is 23.5 Å². The van der Waals surface area contributed by atoms with Crippen LogP contribution < -0.4 is 16.2 Å². The van der Waals surface area contributed by atoms with Gasteiger partial charge in [0.2, 0.25) is 10.0 Å². The summed E-state index contributed by atoms with van der Waals surface area (Å²) < 4.78 is 21.6. The lowest BCUT2D eigenvalue weighted by atomic mass is 10.2. The van der Waals surface area contributed by atoms with E-state index in [1.54, 1.807) is 18.2 Å². The quantitative estimate of drug-likeness (QED) is 0.665. The third kappa shape index (κ3) is 3.05. The van der Waals surface area contributed by atoms with E-state index in [1.807, 2.05) is 0 Å². The first-order chi connectivity index (χ1) is 8.46. The summed E-state index contributed by atoms with van der Waals surface area (Å²) in [6.45, 7) is 0.180. The van der Waals surface area contributed by atoms with Crippen LogP contribution in [0.1, 0.15) is 0 Å². The first-order valence-electron chi connectivity index (χ1n) is 5.20. The number of nitrogen functional groups attached to an aromatic ring is 1. The van der Waals surface area contributed by atoms with E-state index >= 15 is 0 Å². The molecule has 0 atom stereocenters. The van der Waals surface area contributed by atoms with Crippen LogP contribution in [0.15, 0.2) is 24.5 Å². The van der Waals surface area contributed by atoms with Crippen molar-refractivity contribution < 1.29 is 8.42 Å². The Bertz CT molecular complexity index is 671. The maximum Gasteiger partial charge on any atom is 0.210 e. The smallest absolute Gasteiger partial charge is 0.210 e. The van der Waals surface area contributed by atoms with Crippen molar-refractivity contribution in [1.29, 1.82) is 0 Å². The van der Waals surface area contributed by atoms with Crippen molar-refractivity contribution in [3.63, 3.8) is 0 Å². The highest BCUT2D eigenvalue weighted by Gasteiger charge is 2.06. The molecule has 0 aliphatic rings. The van der Waals surface area contributed by atoms with Crippen molar-refractivity contribution in [2.45, 2.75) is 0 Å². The largest absolute Gasteiger partial charge is 0.399 e. The highest BCUT2D eigenvalue weighted by atomic mass is 32.2. The summed E-state index contributed by atoms with van der Waals surface area (Å²) in [4.78, 5) is 8.14. The lowest BCUT2D eigenvalue weighted by molar-refractivity contribution is 0.598. The minimum absolute atomic E-state index is 0.166. The number of hydrogen-bond donors (Lipinski definition) is 3. The highest BCUT2D eigenvalue weighted by Crippen LogP contribution is 2.21. The summed E-state index contributed by atoms with van der Waals surface area (Å²) in [5, 5.41) is 8.56. The predicted molar refractivity (Wildman–Crippen MR) is 70.4 cm³/mol. The Kier molecular flexibility index (Phi) is 3.30. The van der Waals surface area contributed by atoms with Crippen LogP contribution in [0.3, 0.4) is 0 Å². The molecule has 2 rings (SSSR count). The number of aromatic nitrogens is 2. The first kappa shape index (κ1) is 12.5. The third-order valence-corrected chi connectivity index (χ3v) is 3.11. The minimum Gasteiger partial charge on any atom is -0.399 e. The van der Waals surface area contributed by atoms with Crippen molar-refractivity contribution in [1.82, 2.24) is 9.97 Å². The molecule has 0 radical (unpaired) electrons. The van der Waals surface area contributed by atoms with Crippen molar-refractivity contribution in [3.8, 4) is 0 Å². The van der Waals surface area contributed by atoms with Crippen LogP contribution in [-0.4, -0.2) is 30.7 Å². The Labute approximate surface area is 104 Å². The van der Waals surface area contributed by atoms with Gasteiger partial charge in [-0.3, -0.25) is 0 Å². The van der Waals surface area contributed by atoms with Crippen LogP contribution in [0.4, 0.5) is 11.5 Å². The number of rotatable bonds is 4. The average molecular weight is 267 g/mol. The molecule has 0 saturated heterocycles. The molecule has 0 amide bonds. The van der Waals surface area contributed by atoms with E-state index in [9.17, 15) is 8.42 Å². The SMILES string of the molecule is Nc1ccc2ncnc(NCCS(N)(=O)=O)c2c1. The molecule has 1 aromatic carbocycles. The van der Waals surface area contributed by atoms with Gasteiger partial charge in [-0.1, -0.05) is 0 Å². The molecular weight excluding hydrogens is 254 g/mol. The van der Waals surface area contributed by atoms with E-state index in [1.165, 1.54) is 6.33 Å². The van der Waals surface area contributed by atoms with Gasteiger partial charge in [0.1, 0.15) is 12.1 Å². The van der Waals surface area contributed by atoms with Gasteiger partial charge in [-0.05, 0) is 18.2 Å². The average Bonchev–Trinajstić information content (AvgIpc) is 2.28. The molecule has 0 aliphatic heterocycles. The Morgan fingerprint density at radius 2 is 2.06 bits per heavy atom. The molecule has 7 nitrogen and oxygen atoms in total. The Morgan fingerprint density at radius 3 is 2.78 bits per heavy atom. The van der Waals surface area contributed by atoms with Crippen molar-refractivity contribution in [2.75, 3.05) is 23.3 Å². The molecule has 0 spiro atoms. The number of benzene rings is 1. The second-order valence-corrected chi connectivity index (χ2v) is 5.53. The van der Waals surface area contributed by atoms with E-state index in [-0.39, 0.29) is 12.3 Å². The number of nitrogens with zero attached hydrogens (tertiary/aromatic N) is 2. The molecule has 1 heterocycles. The Hall–Kier alpha value is -1.93. The van der Waals surface area contributed by atoms with Crippen LogP contribution in [0.2, 0.25) is 0 Å². The van der Waals surface area contributed by atoms with Crippen LogP contribution in [0.5, 0.6) is 0 Å². The summed E-state index contributed by atoms with van der Waals surface area (Å²) in [6, 6.07) is 5.25. The van der Waals surface area contributed by atoms with E-state index in [4.69, 9.17) is 10.9 Å². The van der Waals surface area contributed by atoms with Gasteiger partial charge < -0.3 is 11.1 Å². The van der Waals surface area contributed by atoms with Crippen LogP contribution in [0.25, 0.3) is 10.9 Å². The fourth-order valence-corrected chi connectivity index (χ4v) is 1.91. The number of sulfonamides is 1. The number of primary sulfonamides is 1. The Morgan fingerprint density at radius 1 is 1.28 bits per heavy atom. The standard InChI is InChI=1S/C10H13N5O2S/c11-7-1-2-9-8(5-7)10(15-6-14-9)13-3-4-18(12,16)17/h1-2,5-6H,3-4,11H2,(H2,12,16,17)(H,13,14,15). The lowest BCUT2D eigenvalue weighted by Crippen LogP contribution is -2.22. The molecule has 8 heteroatoms. The van der Waals surface area contributed by atoms with Gasteiger partial charge in [0.05, 0.1) is 11.3 Å². The van der Waals surface area contributed by atoms with Gasteiger partial charge in [-0.15, -0.1) is 0 Å². The van der Waals surface area contributed by atoms with E-state index in [0.717, 1.165) is 10.9 Å². The second kappa shape index (κ2) is 4.75. The summed E-state index contributed by atoms with van der Waals surface area (Å²) >= 11 is 0. The number of nitrogens with one attached hydrogen (secondary N) is 1. The van der Waals surface area contributed by atoms with Gasteiger partial charge in [0, 0.05) is 17.6 Å². The van der Waals surface area contributed by atoms with Gasteiger partial charge in [0.15, 0.2) is 0 Å². The summed E-state index contributed by atoms with van der Waals surface area (Å²) in [6.07, 6.45) is 1.40. The molecule has 18 heavy (non-hydrogen) atoms. The van der Waals surface area contributed by atoms with Crippen molar-refractivity contribution in [2.24, 2.45) is 5.14 Å². The molecule has 96 valence electrons. The zero-order valence-electron chi connectivity index (χ0n) is 9.50. The maximum absolute atomic E-state index is 10.8. The van der Waals surface area contributed by atoms with Gasteiger partial charge >= 0.3 is 0 Å². The van der Waals surface area contributed by atoms with Crippen LogP contribution >= 0.6 is 0 Å². The lowest BCUT2D eigenvalue weighted by Gasteiger charge is -2.07. The van der Waals surface area contributed by atoms with Crippen molar-refractivity contribution in [3.05, 3.63) is 24.5 Å². The number of fused-ring (bicyclic) bond motifs is 1. The molecule has 0 saturated carbocycles. The minimum atomic E-state index is -3.49. The molecule has 2 aromatic rings. The van der Waals surface area contributed by atoms with Crippen LogP contribution in [-0.2, 0) is 10.0 Å². The molecule has 1 aromatic heterocycles.